The number of carbonyl (C=O) groups is 1. The summed E-state index contributed by atoms with van der Waals surface area (Å²) in [4.78, 5) is 16.4. The molecule has 0 aliphatic rings. The summed E-state index contributed by atoms with van der Waals surface area (Å²) in [6.45, 7) is 0. The highest BCUT2D eigenvalue weighted by Gasteiger charge is 2.14. The molecule has 0 aliphatic heterocycles. The van der Waals surface area contributed by atoms with Gasteiger partial charge in [-0.1, -0.05) is 16.8 Å². The molecule has 1 N–H and O–H groups in total. The Morgan fingerprint density at radius 1 is 1.17 bits per heavy atom. The van der Waals surface area contributed by atoms with E-state index >= 15 is 0 Å². The Kier molecular flexibility index (Phi) is 3.76. The number of nitrogens with one attached hydrogen (secondary N) is 1. The highest BCUT2D eigenvalue weighted by molar-refractivity contribution is 7.13. The SMILES string of the molecule is O=C(Nc1nccs1)c1ccc2noc(-c3ccc(Cl)cc3)c2c1. The van der Waals surface area contributed by atoms with Gasteiger partial charge in [-0.05, 0) is 42.5 Å². The van der Waals surface area contributed by atoms with Crippen LogP contribution >= 0.6 is 22.9 Å². The van der Waals surface area contributed by atoms with E-state index in [2.05, 4.69) is 15.5 Å². The fourth-order valence-corrected chi connectivity index (χ4v) is 3.00. The van der Waals surface area contributed by atoms with Crippen LogP contribution in [0.25, 0.3) is 22.2 Å². The van der Waals surface area contributed by atoms with E-state index in [9.17, 15) is 4.79 Å². The Balaban J connectivity index is 1.73. The predicted molar refractivity (Wildman–Crippen MR) is 94.5 cm³/mol. The lowest BCUT2D eigenvalue weighted by Crippen LogP contribution is -2.11. The van der Waals surface area contributed by atoms with Crippen molar-refractivity contribution < 1.29 is 9.32 Å². The molecule has 2 aromatic heterocycles. The smallest absolute Gasteiger partial charge is 0.257 e. The van der Waals surface area contributed by atoms with Crippen LogP contribution in [0.2, 0.25) is 5.02 Å². The summed E-state index contributed by atoms with van der Waals surface area (Å²) in [6, 6.07) is 12.5. The maximum Gasteiger partial charge on any atom is 0.257 e. The summed E-state index contributed by atoms with van der Waals surface area (Å²) in [6.07, 6.45) is 1.64. The molecule has 0 saturated carbocycles. The number of hydrogen-bond donors (Lipinski definition) is 1. The number of hydrogen-bond acceptors (Lipinski definition) is 5. The van der Waals surface area contributed by atoms with Crippen LogP contribution in [0.15, 0.2) is 58.6 Å². The molecule has 2 heterocycles. The number of anilines is 1. The minimum Gasteiger partial charge on any atom is -0.355 e. The van der Waals surface area contributed by atoms with Crippen molar-refractivity contribution in [3.8, 4) is 11.3 Å². The molecule has 0 aliphatic carbocycles. The predicted octanol–water partition coefficient (Wildman–Crippen LogP) is 4.86. The molecule has 0 saturated heterocycles. The quantitative estimate of drug-likeness (QED) is 0.570. The summed E-state index contributed by atoms with van der Waals surface area (Å²) < 4.78 is 5.45. The van der Waals surface area contributed by atoms with E-state index in [4.69, 9.17) is 16.1 Å². The summed E-state index contributed by atoms with van der Waals surface area (Å²) in [5, 5.41) is 10.6. The molecule has 4 aromatic rings. The number of thiazole rings is 1. The van der Waals surface area contributed by atoms with Gasteiger partial charge in [0, 0.05) is 27.7 Å². The van der Waals surface area contributed by atoms with E-state index in [1.54, 1.807) is 41.9 Å². The maximum atomic E-state index is 12.4. The number of nitrogens with zero attached hydrogens (tertiary/aromatic N) is 2. The third-order valence-electron chi connectivity index (χ3n) is 3.50. The molecule has 0 unspecified atom stereocenters. The molecular formula is C17H10ClN3O2S. The van der Waals surface area contributed by atoms with Crippen molar-refractivity contribution in [1.82, 2.24) is 10.1 Å². The molecule has 2 aromatic carbocycles. The number of carbonyl (C=O) groups excluding carboxylic acids is 1. The van der Waals surface area contributed by atoms with Gasteiger partial charge in [0.25, 0.3) is 5.91 Å². The first-order valence-corrected chi connectivity index (χ1v) is 8.33. The topological polar surface area (TPSA) is 68.0 Å². The third-order valence-corrected chi connectivity index (χ3v) is 4.44. The number of aromatic nitrogens is 2. The molecule has 0 bridgehead atoms. The lowest BCUT2D eigenvalue weighted by atomic mass is 10.1. The Morgan fingerprint density at radius 2 is 2.00 bits per heavy atom. The van der Waals surface area contributed by atoms with Crippen molar-refractivity contribution in [1.29, 1.82) is 0 Å². The van der Waals surface area contributed by atoms with Crippen LogP contribution in [-0.4, -0.2) is 16.0 Å². The molecule has 0 spiro atoms. The zero-order chi connectivity index (χ0) is 16.5. The van der Waals surface area contributed by atoms with E-state index < -0.39 is 0 Å². The maximum absolute atomic E-state index is 12.4. The Labute approximate surface area is 145 Å². The van der Waals surface area contributed by atoms with E-state index in [0.717, 1.165) is 10.9 Å². The Hall–Kier alpha value is -2.70. The molecular weight excluding hydrogens is 346 g/mol. The minimum absolute atomic E-state index is 0.227. The van der Waals surface area contributed by atoms with Crippen molar-refractivity contribution in [2.24, 2.45) is 0 Å². The largest absolute Gasteiger partial charge is 0.355 e. The second-order valence-electron chi connectivity index (χ2n) is 5.04. The lowest BCUT2D eigenvalue weighted by Gasteiger charge is -2.02. The normalized spacial score (nSPS) is 10.9. The number of halogens is 1. The van der Waals surface area contributed by atoms with Crippen molar-refractivity contribution in [2.45, 2.75) is 0 Å². The van der Waals surface area contributed by atoms with Crippen LogP contribution in [0.5, 0.6) is 0 Å². The first-order chi connectivity index (χ1) is 11.7. The van der Waals surface area contributed by atoms with Gasteiger partial charge in [-0.3, -0.25) is 10.1 Å². The second kappa shape index (κ2) is 6.07. The summed E-state index contributed by atoms with van der Waals surface area (Å²) >= 11 is 7.29. The van der Waals surface area contributed by atoms with Gasteiger partial charge >= 0.3 is 0 Å². The molecule has 5 nitrogen and oxygen atoms in total. The molecule has 118 valence electrons. The van der Waals surface area contributed by atoms with Crippen LogP contribution in [0.4, 0.5) is 5.13 Å². The van der Waals surface area contributed by atoms with Crippen molar-refractivity contribution in [2.75, 3.05) is 5.32 Å². The first kappa shape index (κ1) is 14.9. The zero-order valence-corrected chi connectivity index (χ0v) is 13.8. The Morgan fingerprint density at radius 3 is 2.75 bits per heavy atom. The standard InChI is InChI=1S/C17H10ClN3O2S/c18-12-4-1-10(2-5-12)15-13-9-11(3-6-14(13)21-23-15)16(22)20-17-19-7-8-24-17/h1-9H,(H,19,20,22). The summed E-state index contributed by atoms with van der Waals surface area (Å²) in [5.74, 6) is 0.376. The van der Waals surface area contributed by atoms with Gasteiger partial charge in [0.05, 0.1) is 5.39 Å². The van der Waals surface area contributed by atoms with Crippen molar-refractivity contribution in [3.05, 3.63) is 64.6 Å². The highest BCUT2D eigenvalue weighted by Crippen LogP contribution is 2.30. The molecule has 0 radical (unpaired) electrons. The van der Waals surface area contributed by atoms with Gasteiger partial charge in [-0.15, -0.1) is 11.3 Å². The van der Waals surface area contributed by atoms with Crippen molar-refractivity contribution in [3.63, 3.8) is 0 Å². The van der Waals surface area contributed by atoms with Gasteiger partial charge in [0.2, 0.25) is 0 Å². The first-order valence-electron chi connectivity index (χ1n) is 7.07. The van der Waals surface area contributed by atoms with Gasteiger partial charge in [-0.2, -0.15) is 0 Å². The molecule has 4 rings (SSSR count). The number of rotatable bonds is 3. The van der Waals surface area contributed by atoms with E-state index in [0.29, 0.717) is 27.0 Å². The average Bonchev–Trinajstić information content (AvgIpc) is 3.24. The molecule has 1 amide bonds. The van der Waals surface area contributed by atoms with Gasteiger partial charge in [-0.25, -0.2) is 4.98 Å². The van der Waals surface area contributed by atoms with Crippen LogP contribution < -0.4 is 5.32 Å². The van der Waals surface area contributed by atoms with E-state index in [1.165, 1.54) is 11.3 Å². The van der Waals surface area contributed by atoms with Crippen LogP contribution in [-0.2, 0) is 0 Å². The van der Waals surface area contributed by atoms with Crippen LogP contribution in [0.1, 0.15) is 10.4 Å². The van der Waals surface area contributed by atoms with Crippen LogP contribution in [0.3, 0.4) is 0 Å². The fourth-order valence-electron chi connectivity index (χ4n) is 2.35. The van der Waals surface area contributed by atoms with E-state index in [1.807, 2.05) is 12.1 Å². The molecule has 7 heteroatoms. The Bertz CT molecular complexity index is 1010. The molecule has 24 heavy (non-hydrogen) atoms. The van der Waals surface area contributed by atoms with Gasteiger partial charge in [0.15, 0.2) is 10.9 Å². The molecule has 0 fully saturated rings. The summed E-state index contributed by atoms with van der Waals surface area (Å²) in [7, 11) is 0. The van der Waals surface area contributed by atoms with Crippen molar-refractivity contribution >= 4 is 44.9 Å². The van der Waals surface area contributed by atoms with Gasteiger partial charge in [0.1, 0.15) is 5.52 Å². The third kappa shape index (κ3) is 2.77. The average molecular weight is 356 g/mol. The number of amides is 1. The molecule has 0 atom stereocenters. The summed E-state index contributed by atoms with van der Waals surface area (Å²) in [5.41, 5.74) is 2.04. The highest BCUT2D eigenvalue weighted by atomic mass is 35.5. The minimum atomic E-state index is -0.227. The van der Waals surface area contributed by atoms with Crippen LogP contribution in [0, 0.1) is 0 Å². The van der Waals surface area contributed by atoms with E-state index in [-0.39, 0.29) is 5.91 Å². The lowest BCUT2D eigenvalue weighted by molar-refractivity contribution is 0.102. The zero-order valence-electron chi connectivity index (χ0n) is 12.2. The van der Waals surface area contributed by atoms with Gasteiger partial charge < -0.3 is 4.52 Å². The number of benzene rings is 2. The monoisotopic (exact) mass is 355 g/mol. The second-order valence-corrected chi connectivity index (χ2v) is 6.37. The number of fused-ring (bicyclic) bond motifs is 1. The fraction of sp³-hybridized carbons (Fsp3) is 0.